The van der Waals surface area contributed by atoms with Crippen molar-refractivity contribution in [1.29, 1.82) is 0 Å². The summed E-state index contributed by atoms with van der Waals surface area (Å²) >= 11 is 0. The number of nitrogens with one attached hydrogen (secondary N) is 1. The van der Waals surface area contributed by atoms with Crippen molar-refractivity contribution in [2.24, 2.45) is 0 Å². The van der Waals surface area contributed by atoms with Crippen LogP contribution in [0.25, 0.3) is 0 Å². The molecular formula is C14H19N3O5. The van der Waals surface area contributed by atoms with Crippen LogP contribution in [0.3, 0.4) is 0 Å². The van der Waals surface area contributed by atoms with E-state index in [-0.39, 0.29) is 31.7 Å². The second-order valence-corrected chi connectivity index (χ2v) is 5.28. The van der Waals surface area contributed by atoms with Crippen LogP contribution >= 0.6 is 0 Å². The molecule has 0 aromatic carbocycles. The minimum absolute atomic E-state index is 0.0472. The quantitative estimate of drug-likeness (QED) is 0.779. The van der Waals surface area contributed by atoms with Crippen LogP contribution < -0.4 is 5.56 Å². The van der Waals surface area contributed by atoms with Gasteiger partial charge < -0.3 is 14.7 Å². The van der Waals surface area contributed by atoms with Gasteiger partial charge in [-0.05, 0) is 6.42 Å². The molecule has 1 saturated heterocycles. The molecule has 0 saturated carbocycles. The highest BCUT2D eigenvalue weighted by Crippen LogP contribution is 2.28. The second kappa shape index (κ2) is 6.69. The summed E-state index contributed by atoms with van der Waals surface area (Å²) in [5.41, 5.74) is -1.81. The van der Waals surface area contributed by atoms with Crippen LogP contribution in [0, 0.1) is 0 Å². The van der Waals surface area contributed by atoms with Crippen molar-refractivity contribution in [2.75, 3.05) is 19.8 Å². The van der Waals surface area contributed by atoms with Crippen LogP contribution in [0.15, 0.2) is 17.1 Å². The molecule has 120 valence electrons. The monoisotopic (exact) mass is 309 g/mol. The Morgan fingerprint density at radius 1 is 1.55 bits per heavy atom. The molecule has 0 aliphatic carbocycles. The number of rotatable bonds is 6. The number of aromatic nitrogens is 2. The Bertz CT molecular complexity index is 606. The third-order valence-electron chi connectivity index (χ3n) is 3.81. The lowest BCUT2D eigenvalue weighted by Gasteiger charge is -2.36. The topological polar surface area (TPSA) is 113 Å². The van der Waals surface area contributed by atoms with Crippen molar-refractivity contribution in [2.45, 2.75) is 31.7 Å². The van der Waals surface area contributed by atoms with Gasteiger partial charge in [-0.2, -0.15) is 5.10 Å². The van der Waals surface area contributed by atoms with Crippen LogP contribution in [0.5, 0.6) is 0 Å². The highest BCUT2D eigenvalue weighted by atomic mass is 16.5. The molecule has 1 aliphatic heterocycles. The average molecular weight is 309 g/mol. The predicted molar refractivity (Wildman–Crippen MR) is 76.6 cm³/mol. The molecule has 1 fully saturated rings. The number of ether oxygens (including phenoxy) is 1. The van der Waals surface area contributed by atoms with Gasteiger partial charge >= 0.3 is 5.97 Å². The molecule has 1 aliphatic rings. The summed E-state index contributed by atoms with van der Waals surface area (Å²) in [6.45, 7) is 2.48. The number of nitrogens with zero attached hydrogens (tertiary/aromatic N) is 2. The Labute approximate surface area is 127 Å². The van der Waals surface area contributed by atoms with Gasteiger partial charge in [0.1, 0.15) is 0 Å². The third-order valence-corrected chi connectivity index (χ3v) is 3.81. The van der Waals surface area contributed by atoms with Crippen molar-refractivity contribution in [1.82, 2.24) is 15.1 Å². The van der Waals surface area contributed by atoms with Crippen molar-refractivity contribution < 1.29 is 19.4 Å². The molecule has 1 amide bonds. The molecule has 0 bridgehead atoms. The van der Waals surface area contributed by atoms with E-state index in [4.69, 9.17) is 4.74 Å². The Balaban J connectivity index is 2.38. The van der Waals surface area contributed by atoms with Crippen molar-refractivity contribution in [3.63, 3.8) is 0 Å². The smallest absolute Gasteiger partial charge is 0.332 e. The molecular weight excluding hydrogens is 290 g/mol. The zero-order valence-corrected chi connectivity index (χ0v) is 12.4. The van der Waals surface area contributed by atoms with E-state index in [2.05, 4.69) is 10.2 Å². The molecule has 1 aromatic heterocycles. The number of aliphatic carboxylic acids is 1. The number of carboxylic acids is 1. The van der Waals surface area contributed by atoms with Crippen LogP contribution in [0.4, 0.5) is 0 Å². The lowest BCUT2D eigenvalue weighted by molar-refractivity contribution is -0.150. The average Bonchev–Trinajstić information content (AvgIpc) is 2.98. The van der Waals surface area contributed by atoms with Crippen molar-refractivity contribution >= 4 is 11.9 Å². The molecule has 8 nitrogen and oxygen atoms in total. The predicted octanol–water partition coefficient (Wildman–Crippen LogP) is 0.256. The number of carbonyl (C=O) groups excluding carboxylic acids is 1. The number of hydrogen-bond acceptors (Lipinski definition) is 5. The molecule has 8 heteroatoms. The number of H-pyrrole nitrogens is 1. The first-order valence-electron chi connectivity index (χ1n) is 7.19. The summed E-state index contributed by atoms with van der Waals surface area (Å²) < 4.78 is 5.23. The van der Waals surface area contributed by atoms with E-state index in [0.29, 0.717) is 6.42 Å². The van der Waals surface area contributed by atoms with E-state index >= 15 is 0 Å². The largest absolute Gasteiger partial charge is 0.479 e. The van der Waals surface area contributed by atoms with Crippen LogP contribution in [0.1, 0.15) is 36.5 Å². The molecule has 1 atom stereocenters. The van der Waals surface area contributed by atoms with Crippen LogP contribution in [-0.4, -0.2) is 57.4 Å². The normalized spacial score (nSPS) is 20.8. The van der Waals surface area contributed by atoms with E-state index in [1.165, 1.54) is 11.1 Å². The van der Waals surface area contributed by atoms with Crippen molar-refractivity contribution in [3.8, 4) is 0 Å². The molecule has 22 heavy (non-hydrogen) atoms. The van der Waals surface area contributed by atoms with Gasteiger partial charge in [0.2, 0.25) is 0 Å². The number of aromatic amines is 1. The zero-order chi connectivity index (χ0) is 16.2. The molecule has 1 aromatic rings. The number of unbranched alkanes of at least 4 members (excludes halogenated alkanes) is 1. The molecule has 0 unspecified atom stereocenters. The zero-order valence-electron chi connectivity index (χ0n) is 12.4. The highest BCUT2D eigenvalue weighted by molar-refractivity contribution is 5.97. The SMILES string of the molecule is CCCCN(C(=O)c1cn[nH]c(=O)c1)[C@@]1(C(=O)O)CCOC1. The highest BCUT2D eigenvalue weighted by Gasteiger charge is 2.49. The fourth-order valence-electron chi connectivity index (χ4n) is 2.53. The maximum atomic E-state index is 12.7. The summed E-state index contributed by atoms with van der Waals surface area (Å²) in [4.78, 5) is 37.1. The summed E-state index contributed by atoms with van der Waals surface area (Å²) in [6.07, 6.45) is 2.94. The standard InChI is InChI=1S/C14H19N3O5/c1-2-3-5-17(14(13(20)21)4-6-22-9-14)12(19)10-7-11(18)16-15-8-10/h7-8H,2-6,9H2,1H3,(H,16,18)(H,20,21)/t14-/m0/s1. The summed E-state index contributed by atoms with van der Waals surface area (Å²) in [6, 6.07) is 1.12. The Morgan fingerprint density at radius 3 is 2.86 bits per heavy atom. The second-order valence-electron chi connectivity index (χ2n) is 5.28. The van der Waals surface area contributed by atoms with Crippen molar-refractivity contribution in [3.05, 3.63) is 28.2 Å². The van der Waals surface area contributed by atoms with Gasteiger partial charge in [-0.3, -0.25) is 9.59 Å². The molecule has 2 heterocycles. The number of amides is 1. The van der Waals surface area contributed by atoms with E-state index < -0.39 is 23.0 Å². The van der Waals surface area contributed by atoms with Gasteiger partial charge in [0.25, 0.3) is 11.5 Å². The van der Waals surface area contributed by atoms with Crippen LogP contribution in [0.2, 0.25) is 0 Å². The first-order valence-corrected chi connectivity index (χ1v) is 7.19. The maximum absolute atomic E-state index is 12.7. The first kappa shape index (κ1) is 16.2. The minimum atomic E-state index is -1.38. The molecule has 2 N–H and O–H groups in total. The lowest BCUT2D eigenvalue weighted by atomic mass is 9.94. The minimum Gasteiger partial charge on any atom is -0.479 e. The summed E-state index contributed by atoms with van der Waals surface area (Å²) in [5, 5.41) is 15.4. The number of carbonyl (C=O) groups is 2. The summed E-state index contributed by atoms with van der Waals surface area (Å²) in [7, 11) is 0. The van der Waals surface area contributed by atoms with Crippen LogP contribution in [-0.2, 0) is 9.53 Å². The Hall–Kier alpha value is -2.22. The maximum Gasteiger partial charge on any atom is 0.332 e. The van der Waals surface area contributed by atoms with Gasteiger partial charge in [0.05, 0.1) is 18.4 Å². The number of carboxylic acid groups (broad SMARTS) is 1. The molecule has 0 spiro atoms. The van der Waals surface area contributed by atoms with E-state index in [1.807, 2.05) is 6.92 Å². The van der Waals surface area contributed by atoms with Gasteiger partial charge in [-0.15, -0.1) is 0 Å². The molecule has 0 radical (unpaired) electrons. The lowest BCUT2D eigenvalue weighted by Crippen LogP contribution is -2.58. The first-order chi connectivity index (χ1) is 10.5. The van der Waals surface area contributed by atoms with Gasteiger partial charge in [-0.1, -0.05) is 13.3 Å². The van der Waals surface area contributed by atoms with E-state index in [1.54, 1.807) is 0 Å². The van der Waals surface area contributed by atoms with E-state index in [9.17, 15) is 19.5 Å². The van der Waals surface area contributed by atoms with Gasteiger partial charge in [0, 0.05) is 25.6 Å². The molecule has 2 rings (SSSR count). The number of hydrogen-bond donors (Lipinski definition) is 2. The fraction of sp³-hybridized carbons (Fsp3) is 0.571. The Morgan fingerprint density at radius 2 is 2.32 bits per heavy atom. The van der Waals surface area contributed by atoms with Gasteiger partial charge in [0.15, 0.2) is 5.54 Å². The Kier molecular flexibility index (Phi) is 4.92. The fourth-order valence-corrected chi connectivity index (χ4v) is 2.53. The van der Waals surface area contributed by atoms with E-state index in [0.717, 1.165) is 12.5 Å². The van der Waals surface area contributed by atoms with Gasteiger partial charge in [-0.25, -0.2) is 9.89 Å². The third kappa shape index (κ3) is 3.01. The summed E-state index contributed by atoms with van der Waals surface area (Å²) in [5.74, 6) is -1.60.